The van der Waals surface area contributed by atoms with Gasteiger partial charge in [-0.25, -0.2) is 0 Å². The van der Waals surface area contributed by atoms with E-state index in [9.17, 15) is 0 Å². The van der Waals surface area contributed by atoms with Crippen LogP contribution in [-0.2, 0) is 30.3 Å². The van der Waals surface area contributed by atoms with Gasteiger partial charge in [-0.05, 0) is 113 Å². The summed E-state index contributed by atoms with van der Waals surface area (Å²) in [5.74, 6) is 8.27. The molecule has 0 aliphatic heterocycles. The van der Waals surface area contributed by atoms with Gasteiger partial charge in [-0.1, -0.05) is 123 Å². The maximum atomic E-state index is 6.50. The van der Waals surface area contributed by atoms with Gasteiger partial charge in [-0.15, -0.1) is 0 Å². The number of ether oxygens (including phenoxy) is 2. The quantitative estimate of drug-likeness (QED) is 0.270. The molecule has 5 heteroatoms. The van der Waals surface area contributed by atoms with Crippen LogP contribution in [0.25, 0.3) is 0 Å². The Kier molecular flexibility index (Phi) is 18.1. The third kappa shape index (κ3) is 9.80. The molecule has 6 rings (SSSR count). The molecular weight excluding hydrogens is 747 g/mol. The monoisotopic (exact) mass is 818 g/mol. The molecule has 2 aromatic rings. The second-order valence-corrected chi connectivity index (χ2v) is 22.1. The molecule has 0 radical (unpaired) electrons. The van der Waals surface area contributed by atoms with Crippen molar-refractivity contribution < 1.29 is 30.3 Å². The van der Waals surface area contributed by atoms with Crippen molar-refractivity contribution in [2.75, 3.05) is 14.2 Å². The van der Waals surface area contributed by atoms with Crippen LogP contribution in [0.5, 0.6) is 0 Å². The van der Waals surface area contributed by atoms with Crippen molar-refractivity contribution in [3.63, 3.8) is 0 Å². The molecule has 0 aromatic heterocycles. The van der Waals surface area contributed by atoms with Crippen LogP contribution in [0.4, 0.5) is 0 Å². The van der Waals surface area contributed by atoms with Gasteiger partial charge in [0.05, 0.1) is 12.2 Å². The number of methoxy groups -OCH3 is 2. The van der Waals surface area contributed by atoms with E-state index in [0.29, 0.717) is 35.5 Å². The summed E-state index contributed by atoms with van der Waals surface area (Å²) in [6, 6.07) is 22.9. The first kappa shape index (κ1) is 47.0. The predicted octanol–water partition coefficient (Wildman–Crippen LogP) is 13.8. The first-order valence-corrected chi connectivity index (χ1v) is 25.2. The molecule has 4 aliphatic carbocycles. The van der Waals surface area contributed by atoms with Crippen LogP contribution >= 0.6 is 17.0 Å². The molecule has 14 unspecified atom stereocenters. The topological polar surface area (TPSA) is 18.5 Å². The summed E-state index contributed by atoms with van der Waals surface area (Å²) >= 11 is -0.826. The summed E-state index contributed by atoms with van der Waals surface area (Å²) in [7, 11) is 13.8. The van der Waals surface area contributed by atoms with Gasteiger partial charge in [0.2, 0.25) is 0 Å². The zero-order chi connectivity index (χ0) is 35.0. The van der Waals surface area contributed by atoms with E-state index in [1.54, 1.807) is 0 Å². The average Bonchev–Trinajstić information content (AvgIpc) is 3.53. The molecule has 4 saturated carbocycles. The molecule has 0 N–H and O–H groups in total. The SMILES string of the molecule is C.COC1C(c2ccccc2)C2CC(C)C(CC3C(C)CC4C3CC(C(C)(C)C)C(OC)C4c3ccccc3)C2CC1C(C)(C)C.[CH3-].[CH3-].[Cl][Zr+2][Cl]. The number of halogens is 2. The Morgan fingerprint density at radius 1 is 0.588 bits per heavy atom. The van der Waals surface area contributed by atoms with Crippen LogP contribution in [0, 0.1) is 84.9 Å². The minimum absolute atomic E-state index is 0. The molecule has 4 fully saturated rings. The molecule has 2 nitrogen and oxygen atoms in total. The van der Waals surface area contributed by atoms with Gasteiger partial charge in [0, 0.05) is 26.1 Å². The molecule has 0 bridgehead atoms. The van der Waals surface area contributed by atoms with E-state index in [-0.39, 0.29) is 45.3 Å². The first-order chi connectivity index (χ1) is 22.8. The molecule has 4 aliphatic rings. The van der Waals surface area contributed by atoms with Crippen molar-refractivity contribution in [3.05, 3.63) is 86.6 Å². The van der Waals surface area contributed by atoms with Crippen LogP contribution in [0.1, 0.15) is 118 Å². The molecule has 51 heavy (non-hydrogen) atoms. The van der Waals surface area contributed by atoms with Gasteiger partial charge in [0.1, 0.15) is 0 Å². The van der Waals surface area contributed by atoms with E-state index in [1.807, 2.05) is 14.2 Å². The molecule has 0 spiro atoms. The van der Waals surface area contributed by atoms with Crippen molar-refractivity contribution in [1.29, 1.82) is 0 Å². The van der Waals surface area contributed by atoms with E-state index in [1.165, 1.54) is 43.2 Å². The maximum absolute atomic E-state index is 6.50. The third-order valence-corrected chi connectivity index (χ3v) is 14.1. The molecule has 0 amide bonds. The Balaban J connectivity index is 0.00000145. The van der Waals surface area contributed by atoms with Gasteiger partial charge in [-0.2, -0.15) is 0 Å². The molecule has 288 valence electrons. The van der Waals surface area contributed by atoms with Crippen molar-refractivity contribution in [1.82, 2.24) is 0 Å². The first-order valence-electron chi connectivity index (χ1n) is 18.9. The van der Waals surface area contributed by atoms with Crippen molar-refractivity contribution in [2.45, 2.75) is 119 Å². The molecule has 0 saturated heterocycles. The van der Waals surface area contributed by atoms with Gasteiger partial charge >= 0.3 is 37.9 Å². The van der Waals surface area contributed by atoms with E-state index >= 15 is 0 Å². The second-order valence-electron chi connectivity index (χ2n) is 18.4. The van der Waals surface area contributed by atoms with Crippen LogP contribution in [0.15, 0.2) is 60.7 Å². The zero-order valence-corrected chi connectivity index (χ0v) is 37.4. The Hall–Kier alpha value is -0.177. The minimum atomic E-state index is -0.826. The number of benzene rings is 2. The average molecular weight is 821 g/mol. The zero-order valence-electron chi connectivity index (χ0n) is 33.5. The van der Waals surface area contributed by atoms with Crippen molar-refractivity contribution in [3.8, 4) is 0 Å². The fourth-order valence-electron chi connectivity index (χ4n) is 12.1. The van der Waals surface area contributed by atoms with Crippen LogP contribution in [-0.4, -0.2) is 26.4 Å². The summed E-state index contributed by atoms with van der Waals surface area (Å²) in [4.78, 5) is 0. The standard InChI is InChI=1S/C43H64O2.CH4.2CH3.2ClH.Zr/c1-26-21-34-32(24-36(42(3,4)5)40(44-9)38(34)28-17-13-11-14-18-28)30(26)23-31-27(2)22-35-33(31)25-37(43(6,7)8)41(45-10)39(35)29-19-15-12-16-20-29;;;;;;/h11-20,26-27,30-41H,21-25H2,1-10H3;1H4;2*1H3;2*1H;/q;;2*-1;;;+4/p-2. The van der Waals surface area contributed by atoms with Crippen molar-refractivity contribution in [2.24, 2.45) is 70.0 Å². The number of hydrogen-bond donors (Lipinski definition) is 0. The predicted molar refractivity (Wildman–Crippen MR) is 219 cm³/mol. The van der Waals surface area contributed by atoms with Gasteiger partial charge in [0.15, 0.2) is 0 Å². The summed E-state index contributed by atoms with van der Waals surface area (Å²) in [6.07, 6.45) is 7.34. The summed E-state index contributed by atoms with van der Waals surface area (Å²) in [5.41, 5.74) is 3.46. The molecule has 14 atom stereocenters. The molecule has 2 aromatic carbocycles. The molecule has 0 heterocycles. The van der Waals surface area contributed by atoms with Crippen molar-refractivity contribution >= 4 is 17.0 Å². The van der Waals surface area contributed by atoms with E-state index in [4.69, 9.17) is 26.5 Å². The Labute approximate surface area is 335 Å². The Bertz CT molecular complexity index is 1180. The summed E-state index contributed by atoms with van der Waals surface area (Å²) in [6.45, 7) is 20.0. The molecular formula is C46H74Cl2O2Zr. The van der Waals surface area contributed by atoms with E-state index in [0.717, 1.165) is 35.5 Å². The Morgan fingerprint density at radius 2 is 0.902 bits per heavy atom. The van der Waals surface area contributed by atoms with E-state index in [2.05, 4.69) is 116 Å². The normalized spacial score (nSPS) is 37.2. The number of hydrogen-bond acceptors (Lipinski definition) is 2. The number of rotatable bonds is 6. The van der Waals surface area contributed by atoms with E-state index < -0.39 is 20.8 Å². The fourth-order valence-corrected chi connectivity index (χ4v) is 12.1. The van der Waals surface area contributed by atoms with Crippen LogP contribution < -0.4 is 0 Å². The Morgan fingerprint density at radius 3 is 1.18 bits per heavy atom. The van der Waals surface area contributed by atoms with Crippen LogP contribution in [0.3, 0.4) is 0 Å². The van der Waals surface area contributed by atoms with Gasteiger partial charge < -0.3 is 24.3 Å². The third-order valence-electron chi connectivity index (χ3n) is 14.1. The summed E-state index contributed by atoms with van der Waals surface area (Å²) < 4.78 is 13.0. The number of fused-ring (bicyclic) bond motifs is 2. The summed E-state index contributed by atoms with van der Waals surface area (Å²) in [5, 5.41) is 0. The second kappa shape index (κ2) is 19.6. The van der Waals surface area contributed by atoms with Crippen LogP contribution in [0.2, 0.25) is 0 Å². The van der Waals surface area contributed by atoms with Gasteiger partial charge in [0.25, 0.3) is 0 Å². The van der Waals surface area contributed by atoms with Gasteiger partial charge in [-0.3, -0.25) is 0 Å². The fraction of sp³-hybridized carbons (Fsp3) is 0.696.